The van der Waals surface area contributed by atoms with Crippen LogP contribution in [0.1, 0.15) is 6.92 Å². The first-order chi connectivity index (χ1) is 5.66. The summed E-state index contributed by atoms with van der Waals surface area (Å²) >= 11 is 10.3. The third-order valence-corrected chi connectivity index (χ3v) is 4.64. The Labute approximate surface area is 96.9 Å². The fourth-order valence-corrected chi connectivity index (χ4v) is 2.16. The molecular formula is C8H7Br3O. The monoisotopic (exact) mass is 356 g/mol. The van der Waals surface area contributed by atoms with E-state index in [1.54, 1.807) is 0 Å². The van der Waals surface area contributed by atoms with Crippen LogP contribution in [-0.2, 0) is 0 Å². The van der Waals surface area contributed by atoms with E-state index in [0.29, 0.717) is 6.61 Å². The van der Waals surface area contributed by atoms with Crippen molar-refractivity contribution in [3.63, 3.8) is 0 Å². The molecule has 0 radical (unpaired) electrons. The fourth-order valence-electron chi connectivity index (χ4n) is 0.775. The first-order valence-corrected chi connectivity index (χ1v) is 5.81. The van der Waals surface area contributed by atoms with Crippen LogP contribution in [0, 0.1) is 0 Å². The summed E-state index contributed by atoms with van der Waals surface area (Å²) in [6.07, 6.45) is 0. The molecule has 0 amide bonds. The van der Waals surface area contributed by atoms with Gasteiger partial charge in [-0.2, -0.15) is 0 Å². The maximum Gasteiger partial charge on any atom is 0.134 e. The van der Waals surface area contributed by atoms with Crippen molar-refractivity contribution in [3.05, 3.63) is 25.6 Å². The van der Waals surface area contributed by atoms with E-state index in [-0.39, 0.29) is 0 Å². The molecule has 0 saturated carbocycles. The Bertz CT molecular complexity index is 286. The highest BCUT2D eigenvalue weighted by Gasteiger charge is 2.07. The minimum absolute atomic E-state index is 0.673. The molecule has 0 fully saturated rings. The molecule has 66 valence electrons. The second-order valence-corrected chi connectivity index (χ2v) is 4.55. The van der Waals surface area contributed by atoms with Gasteiger partial charge in [-0.1, -0.05) is 0 Å². The summed E-state index contributed by atoms with van der Waals surface area (Å²) in [6, 6.07) is 3.86. The quantitative estimate of drug-likeness (QED) is 0.713. The van der Waals surface area contributed by atoms with Crippen LogP contribution in [-0.4, -0.2) is 6.61 Å². The number of hydrogen-bond acceptors (Lipinski definition) is 1. The fraction of sp³-hybridized carbons (Fsp3) is 0.250. The maximum atomic E-state index is 5.37. The summed E-state index contributed by atoms with van der Waals surface area (Å²) in [6.45, 7) is 2.63. The summed E-state index contributed by atoms with van der Waals surface area (Å²) in [5, 5.41) is 0. The smallest absolute Gasteiger partial charge is 0.134 e. The summed E-state index contributed by atoms with van der Waals surface area (Å²) in [5.41, 5.74) is 0. The van der Waals surface area contributed by atoms with Crippen LogP contribution < -0.4 is 4.74 Å². The van der Waals surface area contributed by atoms with Gasteiger partial charge < -0.3 is 4.74 Å². The summed E-state index contributed by atoms with van der Waals surface area (Å²) in [4.78, 5) is 0. The molecule has 0 heterocycles. The van der Waals surface area contributed by atoms with Crippen LogP contribution in [0.25, 0.3) is 0 Å². The highest BCUT2D eigenvalue weighted by molar-refractivity contribution is 9.14. The molecule has 12 heavy (non-hydrogen) atoms. The number of ether oxygens (including phenoxy) is 1. The van der Waals surface area contributed by atoms with Gasteiger partial charge in [0.25, 0.3) is 0 Å². The Morgan fingerprint density at radius 2 is 1.83 bits per heavy atom. The van der Waals surface area contributed by atoms with Crippen LogP contribution in [0.2, 0.25) is 0 Å². The standard InChI is InChI=1S/C8H7Br3O/c1-2-12-6-4-3-5(9)7(10)8(6)11/h3-4H,2H2,1H3. The first kappa shape index (κ1) is 10.5. The van der Waals surface area contributed by atoms with E-state index in [2.05, 4.69) is 47.8 Å². The number of hydrogen-bond donors (Lipinski definition) is 0. The Morgan fingerprint density at radius 3 is 2.42 bits per heavy atom. The lowest BCUT2D eigenvalue weighted by atomic mass is 10.3. The van der Waals surface area contributed by atoms with Gasteiger partial charge in [0.15, 0.2) is 0 Å². The zero-order valence-electron chi connectivity index (χ0n) is 6.40. The van der Waals surface area contributed by atoms with Gasteiger partial charge in [-0.3, -0.25) is 0 Å². The Balaban J connectivity index is 3.08. The largest absolute Gasteiger partial charge is 0.493 e. The van der Waals surface area contributed by atoms with Gasteiger partial charge in [-0.15, -0.1) is 0 Å². The highest BCUT2D eigenvalue weighted by Crippen LogP contribution is 2.37. The molecule has 0 spiro atoms. The van der Waals surface area contributed by atoms with Crippen LogP contribution in [0.4, 0.5) is 0 Å². The third-order valence-electron chi connectivity index (χ3n) is 1.30. The molecule has 0 aromatic heterocycles. The molecule has 0 aliphatic heterocycles. The second kappa shape index (κ2) is 4.63. The normalized spacial score (nSPS) is 10.0. The number of rotatable bonds is 2. The number of halogens is 3. The minimum Gasteiger partial charge on any atom is -0.493 e. The summed E-state index contributed by atoms with van der Waals surface area (Å²) in [5.74, 6) is 0.854. The Morgan fingerprint density at radius 1 is 1.17 bits per heavy atom. The van der Waals surface area contributed by atoms with E-state index in [1.807, 2.05) is 19.1 Å². The van der Waals surface area contributed by atoms with E-state index in [9.17, 15) is 0 Å². The van der Waals surface area contributed by atoms with Crippen molar-refractivity contribution in [3.8, 4) is 5.75 Å². The molecule has 0 aliphatic carbocycles. The molecule has 1 aromatic carbocycles. The molecule has 0 unspecified atom stereocenters. The van der Waals surface area contributed by atoms with E-state index < -0.39 is 0 Å². The third kappa shape index (κ3) is 2.24. The van der Waals surface area contributed by atoms with Crippen LogP contribution in [0.5, 0.6) is 5.75 Å². The highest BCUT2D eigenvalue weighted by atomic mass is 79.9. The zero-order chi connectivity index (χ0) is 9.14. The van der Waals surface area contributed by atoms with E-state index in [0.717, 1.165) is 19.2 Å². The maximum absolute atomic E-state index is 5.37. The van der Waals surface area contributed by atoms with Crippen molar-refractivity contribution in [2.45, 2.75) is 6.92 Å². The van der Waals surface area contributed by atoms with Gasteiger partial charge in [0, 0.05) is 8.95 Å². The average Bonchev–Trinajstić information content (AvgIpc) is 2.07. The molecule has 1 aromatic rings. The lowest BCUT2D eigenvalue weighted by Gasteiger charge is -2.07. The predicted molar refractivity (Wildman–Crippen MR) is 60.7 cm³/mol. The van der Waals surface area contributed by atoms with Gasteiger partial charge in [0.2, 0.25) is 0 Å². The SMILES string of the molecule is CCOc1ccc(Br)c(Br)c1Br. The minimum atomic E-state index is 0.673. The molecule has 0 bridgehead atoms. The van der Waals surface area contributed by atoms with Crippen LogP contribution >= 0.6 is 47.8 Å². The molecule has 1 nitrogen and oxygen atoms in total. The topological polar surface area (TPSA) is 9.23 Å². The summed E-state index contributed by atoms with van der Waals surface area (Å²) in [7, 11) is 0. The van der Waals surface area contributed by atoms with Gasteiger partial charge in [-0.05, 0) is 66.8 Å². The van der Waals surface area contributed by atoms with Crippen LogP contribution in [0.3, 0.4) is 0 Å². The van der Waals surface area contributed by atoms with Gasteiger partial charge >= 0.3 is 0 Å². The Hall–Kier alpha value is 0.460. The lowest BCUT2D eigenvalue weighted by molar-refractivity contribution is 0.338. The molecule has 0 N–H and O–H groups in total. The van der Waals surface area contributed by atoms with E-state index in [4.69, 9.17) is 4.74 Å². The van der Waals surface area contributed by atoms with Crippen molar-refractivity contribution in [2.75, 3.05) is 6.61 Å². The van der Waals surface area contributed by atoms with Crippen molar-refractivity contribution in [1.29, 1.82) is 0 Å². The van der Waals surface area contributed by atoms with Gasteiger partial charge in [-0.25, -0.2) is 0 Å². The first-order valence-electron chi connectivity index (χ1n) is 3.43. The molecular weight excluding hydrogens is 352 g/mol. The van der Waals surface area contributed by atoms with E-state index >= 15 is 0 Å². The van der Waals surface area contributed by atoms with Crippen LogP contribution in [0.15, 0.2) is 25.6 Å². The zero-order valence-corrected chi connectivity index (χ0v) is 11.2. The van der Waals surface area contributed by atoms with Crippen molar-refractivity contribution < 1.29 is 4.74 Å². The van der Waals surface area contributed by atoms with Gasteiger partial charge in [0.1, 0.15) is 5.75 Å². The van der Waals surface area contributed by atoms with Crippen molar-refractivity contribution >= 4 is 47.8 Å². The lowest BCUT2D eigenvalue weighted by Crippen LogP contribution is -1.92. The second-order valence-electron chi connectivity index (χ2n) is 2.11. The van der Waals surface area contributed by atoms with Crippen molar-refractivity contribution in [1.82, 2.24) is 0 Å². The molecule has 1 rings (SSSR count). The van der Waals surface area contributed by atoms with Crippen molar-refractivity contribution in [2.24, 2.45) is 0 Å². The predicted octanol–water partition coefficient (Wildman–Crippen LogP) is 4.37. The molecule has 4 heteroatoms. The average molecular weight is 359 g/mol. The molecule has 0 saturated heterocycles. The van der Waals surface area contributed by atoms with E-state index in [1.165, 1.54) is 0 Å². The molecule has 0 aliphatic rings. The molecule has 0 atom stereocenters. The Kier molecular flexibility index (Phi) is 4.06. The number of benzene rings is 1. The van der Waals surface area contributed by atoms with Gasteiger partial charge in [0.05, 0.1) is 11.1 Å². The summed E-state index contributed by atoms with van der Waals surface area (Å²) < 4.78 is 8.31.